The molecule has 0 atom stereocenters. The normalized spacial score (nSPS) is 10.8. The lowest BCUT2D eigenvalue weighted by Gasteiger charge is -2.14. The molecule has 166 valence electrons. The Balaban J connectivity index is 2.18. The molecule has 0 unspecified atom stereocenters. The van der Waals surface area contributed by atoms with Crippen molar-refractivity contribution < 1.29 is 19.0 Å². The van der Waals surface area contributed by atoms with Gasteiger partial charge in [-0.1, -0.05) is 45.4 Å². The van der Waals surface area contributed by atoms with E-state index in [9.17, 15) is 4.79 Å². The molecule has 0 aromatic heterocycles. The van der Waals surface area contributed by atoms with Crippen molar-refractivity contribution in [3.8, 4) is 17.2 Å². The zero-order chi connectivity index (χ0) is 22.5. The van der Waals surface area contributed by atoms with Crippen molar-refractivity contribution in [2.24, 2.45) is 0 Å². The van der Waals surface area contributed by atoms with Crippen molar-refractivity contribution in [2.75, 3.05) is 19.8 Å². The van der Waals surface area contributed by atoms with Crippen LogP contribution in [-0.4, -0.2) is 25.6 Å². The van der Waals surface area contributed by atoms with Gasteiger partial charge in [0.2, 0.25) is 0 Å². The largest absolute Gasteiger partial charge is 0.493 e. The molecule has 4 heteroatoms. The van der Waals surface area contributed by atoms with E-state index in [2.05, 4.69) is 20.4 Å². The van der Waals surface area contributed by atoms with E-state index in [1.807, 2.05) is 25.1 Å². The second-order valence-corrected chi connectivity index (χ2v) is 7.36. The van der Waals surface area contributed by atoms with Gasteiger partial charge in [0.1, 0.15) is 23.9 Å². The van der Waals surface area contributed by atoms with Crippen molar-refractivity contribution >= 4 is 11.9 Å². The monoisotopic (exact) mass is 422 g/mol. The molecule has 0 N–H and O–H groups in total. The lowest BCUT2D eigenvalue weighted by atomic mass is 10.0. The van der Waals surface area contributed by atoms with Crippen molar-refractivity contribution in [1.82, 2.24) is 0 Å². The van der Waals surface area contributed by atoms with Gasteiger partial charge in [0, 0.05) is 11.6 Å². The Hall–Kier alpha value is -3.01. The maximum Gasteiger partial charge on any atom is 0.185 e. The second-order valence-electron chi connectivity index (χ2n) is 7.36. The van der Waals surface area contributed by atoms with Crippen LogP contribution in [0.25, 0.3) is 6.08 Å². The first kappa shape index (κ1) is 24.3. The molecule has 0 radical (unpaired) electrons. The van der Waals surface area contributed by atoms with Crippen LogP contribution in [-0.2, 0) is 0 Å². The maximum absolute atomic E-state index is 12.6. The summed E-state index contributed by atoms with van der Waals surface area (Å²) >= 11 is 0. The van der Waals surface area contributed by atoms with Gasteiger partial charge in [0.05, 0.1) is 13.2 Å². The predicted octanol–water partition coefficient (Wildman–Crippen LogP) is 6.81. The van der Waals surface area contributed by atoms with Crippen LogP contribution in [0.1, 0.15) is 61.0 Å². The summed E-state index contributed by atoms with van der Waals surface area (Å²) in [5.41, 5.74) is 2.52. The Labute approximate surface area is 186 Å². The molecular weight excluding hydrogens is 388 g/mol. The summed E-state index contributed by atoms with van der Waals surface area (Å²) in [4.78, 5) is 12.6. The van der Waals surface area contributed by atoms with Gasteiger partial charge >= 0.3 is 0 Å². The fraction of sp³-hybridized carbons (Fsp3) is 0.370. The van der Waals surface area contributed by atoms with Gasteiger partial charge in [-0.05, 0) is 67.3 Å². The predicted molar refractivity (Wildman–Crippen MR) is 127 cm³/mol. The zero-order valence-corrected chi connectivity index (χ0v) is 19.0. The molecule has 0 aliphatic heterocycles. The van der Waals surface area contributed by atoms with Crippen molar-refractivity contribution in [1.29, 1.82) is 0 Å². The van der Waals surface area contributed by atoms with E-state index < -0.39 is 0 Å². The summed E-state index contributed by atoms with van der Waals surface area (Å²) in [6.45, 7) is 11.7. The minimum absolute atomic E-state index is 0.0690. The molecule has 0 spiro atoms. The van der Waals surface area contributed by atoms with Crippen LogP contribution in [0.2, 0.25) is 0 Å². The molecule has 0 saturated heterocycles. The molecule has 0 saturated carbocycles. The Kier molecular flexibility index (Phi) is 10.4. The van der Waals surface area contributed by atoms with Crippen molar-refractivity contribution in [2.45, 2.75) is 46.5 Å². The summed E-state index contributed by atoms with van der Waals surface area (Å²) in [5, 5.41) is 0. The second kappa shape index (κ2) is 13.3. The van der Waals surface area contributed by atoms with E-state index in [4.69, 9.17) is 14.2 Å². The van der Waals surface area contributed by atoms with Crippen LogP contribution in [0.15, 0.2) is 55.1 Å². The maximum atomic E-state index is 12.6. The Morgan fingerprint density at radius 2 is 1.61 bits per heavy atom. The van der Waals surface area contributed by atoms with E-state index in [0.29, 0.717) is 31.1 Å². The summed E-state index contributed by atoms with van der Waals surface area (Å²) in [5.74, 6) is 2.21. The van der Waals surface area contributed by atoms with Gasteiger partial charge < -0.3 is 14.2 Å². The number of ether oxygens (including phenoxy) is 3. The fourth-order valence-electron chi connectivity index (χ4n) is 2.88. The standard InChI is InChI=1S/C27H34O4/c1-5-8-17-30-25-19-23(21(4)27(20-25)31-18-9-6-2)12-15-26(28)22-10-13-24(14-11-22)29-16-7-3/h7,10-15,19-20H,3,5-6,8-9,16-18H2,1-2,4H3/b15-12+. The molecule has 31 heavy (non-hydrogen) atoms. The smallest absolute Gasteiger partial charge is 0.185 e. The highest BCUT2D eigenvalue weighted by atomic mass is 16.5. The summed E-state index contributed by atoms with van der Waals surface area (Å²) in [7, 11) is 0. The molecule has 2 rings (SSSR count). The Bertz CT molecular complexity index is 866. The molecule has 0 bridgehead atoms. The quantitative estimate of drug-likeness (QED) is 0.145. The summed E-state index contributed by atoms with van der Waals surface area (Å²) in [6.07, 6.45) is 9.25. The summed E-state index contributed by atoms with van der Waals surface area (Å²) in [6, 6.07) is 11.0. The minimum atomic E-state index is -0.0690. The van der Waals surface area contributed by atoms with Gasteiger partial charge in [0.25, 0.3) is 0 Å². The molecular formula is C27H34O4. The highest BCUT2D eigenvalue weighted by molar-refractivity contribution is 6.07. The van der Waals surface area contributed by atoms with E-state index in [1.165, 1.54) is 0 Å². The molecule has 0 fully saturated rings. The molecule has 0 aliphatic rings. The third-order valence-electron chi connectivity index (χ3n) is 4.82. The van der Waals surface area contributed by atoms with Crippen LogP contribution >= 0.6 is 0 Å². The number of hydrogen-bond acceptors (Lipinski definition) is 4. The first-order chi connectivity index (χ1) is 15.1. The summed E-state index contributed by atoms with van der Waals surface area (Å²) < 4.78 is 17.4. The number of carbonyl (C=O) groups excluding carboxylic acids is 1. The van der Waals surface area contributed by atoms with Crippen LogP contribution in [0, 0.1) is 6.92 Å². The first-order valence-corrected chi connectivity index (χ1v) is 11.0. The molecule has 4 nitrogen and oxygen atoms in total. The Morgan fingerprint density at radius 1 is 0.935 bits per heavy atom. The number of unbranched alkanes of at least 4 members (excludes halogenated alkanes) is 2. The Morgan fingerprint density at radius 3 is 2.26 bits per heavy atom. The van der Waals surface area contributed by atoms with E-state index in [0.717, 1.165) is 48.3 Å². The number of carbonyl (C=O) groups is 1. The molecule has 0 aliphatic carbocycles. The third kappa shape index (κ3) is 7.97. The van der Waals surface area contributed by atoms with Gasteiger partial charge in [0.15, 0.2) is 5.78 Å². The van der Waals surface area contributed by atoms with Gasteiger partial charge in [-0.15, -0.1) is 0 Å². The lowest BCUT2D eigenvalue weighted by molar-refractivity contribution is 0.104. The van der Waals surface area contributed by atoms with Crippen LogP contribution in [0.3, 0.4) is 0 Å². The van der Waals surface area contributed by atoms with E-state index in [-0.39, 0.29) is 5.78 Å². The highest BCUT2D eigenvalue weighted by Crippen LogP contribution is 2.30. The third-order valence-corrected chi connectivity index (χ3v) is 4.82. The average Bonchev–Trinajstić information content (AvgIpc) is 2.79. The number of allylic oxidation sites excluding steroid dienone is 1. The SMILES string of the molecule is C=CCOc1ccc(C(=O)/C=C/c2cc(OCCCC)cc(OCCCC)c2C)cc1. The minimum Gasteiger partial charge on any atom is -0.493 e. The van der Waals surface area contributed by atoms with E-state index >= 15 is 0 Å². The van der Waals surface area contributed by atoms with Gasteiger partial charge in [-0.2, -0.15) is 0 Å². The molecule has 2 aromatic carbocycles. The van der Waals surface area contributed by atoms with E-state index in [1.54, 1.807) is 36.4 Å². The molecule has 0 amide bonds. The van der Waals surface area contributed by atoms with Gasteiger partial charge in [-0.25, -0.2) is 0 Å². The number of hydrogen-bond donors (Lipinski definition) is 0. The topological polar surface area (TPSA) is 44.8 Å². The van der Waals surface area contributed by atoms with Crippen LogP contribution in [0.4, 0.5) is 0 Å². The van der Waals surface area contributed by atoms with Crippen LogP contribution in [0.5, 0.6) is 17.2 Å². The molecule has 0 heterocycles. The number of rotatable bonds is 14. The lowest BCUT2D eigenvalue weighted by Crippen LogP contribution is -2.02. The fourth-order valence-corrected chi connectivity index (χ4v) is 2.88. The van der Waals surface area contributed by atoms with Crippen molar-refractivity contribution in [3.05, 3.63) is 71.8 Å². The number of ketones is 1. The van der Waals surface area contributed by atoms with Crippen molar-refractivity contribution in [3.63, 3.8) is 0 Å². The number of benzene rings is 2. The highest BCUT2D eigenvalue weighted by Gasteiger charge is 2.09. The van der Waals surface area contributed by atoms with Gasteiger partial charge in [-0.3, -0.25) is 4.79 Å². The first-order valence-electron chi connectivity index (χ1n) is 11.0. The molecule has 2 aromatic rings. The van der Waals surface area contributed by atoms with Crippen LogP contribution < -0.4 is 14.2 Å². The zero-order valence-electron chi connectivity index (χ0n) is 19.0. The average molecular weight is 423 g/mol.